The highest BCUT2D eigenvalue weighted by Crippen LogP contribution is 2.34. The summed E-state index contributed by atoms with van der Waals surface area (Å²) in [5, 5.41) is 13.0. The lowest BCUT2D eigenvalue weighted by molar-refractivity contribution is 1.11. The van der Waals surface area contributed by atoms with Crippen molar-refractivity contribution < 1.29 is 0 Å². The maximum atomic E-state index is 4.94. The fraction of sp³-hybridized carbons (Fsp3) is 0.0833. The molecule has 0 atom stereocenters. The third kappa shape index (κ3) is 3.04. The predicted molar refractivity (Wildman–Crippen MR) is 130 cm³/mol. The van der Waals surface area contributed by atoms with Crippen LogP contribution in [0.25, 0.3) is 55.7 Å². The fourth-order valence-corrected chi connectivity index (χ4v) is 4.54. The highest BCUT2D eigenvalue weighted by atomic mass is 32.1. The fourth-order valence-electron chi connectivity index (χ4n) is 3.89. The van der Waals surface area contributed by atoms with Gasteiger partial charge < -0.3 is 9.88 Å². The van der Waals surface area contributed by atoms with Crippen LogP contribution in [0.15, 0.2) is 65.9 Å². The second-order valence-corrected chi connectivity index (χ2v) is 8.61. The van der Waals surface area contributed by atoms with Crippen molar-refractivity contribution in [2.75, 3.05) is 19.0 Å². The first-order chi connectivity index (χ1) is 15.7. The van der Waals surface area contributed by atoms with Gasteiger partial charge in [0.05, 0.1) is 40.5 Å². The minimum atomic E-state index is 0.783. The molecule has 0 aromatic carbocycles. The Balaban J connectivity index is 1.49. The van der Waals surface area contributed by atoms with Gasteiger partial charge >= 0.3 is 0 Å². The minimum Gasteiger partial charge on any atom is -0.376 e. The number of aromatic nitrogens is 6. The van der Waals surface area contributed by atoms with Crippen molar-refractivity contribution in [1.29, 1.82) is 0 Å². The molecule has 6 aromatic heterocycles. The number of rotatable bonds is 4. The van der Waals surface area contributed by atoms with Crippen molar-refractivity contribution >= 4 is 39.0 Å². The molecule has 0 bridgehead atoms. The molecule has 0 aliphatic rings. The summed E-state index contributed by atoms with van der Waals surface area (Å²) in [7, 11) is 4.00. The number of anilines is 1. The number of fused-ring (bicyclic) bond motifs is 2. The maximum absolute atomic E-state index is 4.94. The zero-order valence-electron chi connectivity index (χ0n) is 17.5. The Hall–Kier alpha value is -4.04. The Morgan fingerprint density at radius 2 is 1.81 bits per heavy atom. The Kier molecular flexibility index (Phi) is 4.26. The lowest BCUT2D eigenvalue weighted by atomic mass is 10.1. The van der Waals surface area contributed by atoms with Crippen LogP contribution in [0.4, 0.5) is 5.69 Å². The van der Waals surface area contributed by atoms with E-state index in [1.165, 1.54) is 5.56 Å². The van der Waals surface area contributed by atoms with Gasteiger partial charge in [-0.1, -0.05) is 0 Å². The van der Waals surface area contributed by atoms with Gasteiger partial charge in [0.15, 0.2) is 0 Å². The molecule has 2 N–H and O–H groups in total. The number of hydrogen-bond donors (Lipinski definition) is 2. The molecule has 0 fully saturated rings. The summed E-state index contributed by atoms with van der Waals surface area (Å²) >= 11 is 1.68. The van der Waals surface area contributed by atoms with E-state index in [1.807, 2.05) is 55.9 Å². The highest BCUT2D eigenvalue weighted by molar-refractivity contribution is 7.08. The summed E-state index contributed by atoms with van der Waals surface area (Å²) in [6.45, 7) is 0. The van der Waals surface area contributed by atoms with Gasteiger partial charge in [-0.25, -0.2) is 4.98 Å². The topological polar surface area (TPSA) is 86.4 Å². The van der Waals surface area contributed by atoms with Gasteiger partial charge in [-0.3, -0.25) is 15.1 Å². The summed E-state index contributed by atoms with van der Waals surface area (Å²) in [5.74, 6) is 0. The van der Waals surface area contributed by atoms with E-state index in [0.29, 0.717) is 0 Å². The van der Waals surface area contributed by atoms with Gasteiger partial charge in [0, 0.05) is 43.0 Å². The molecular weight excluding hydrogens is 418 g/mol. The number of aromatic amines is 2. The van der Waals surface area contributed by atoms with Crippen molar-refractivity contribution in [1.82, 2.24) is 30.1 Å². The Labute approximate surface area is 187 Å². The first kappa shape index (κ1) is 18.7. The van der Waals surface area contributed by atoms with Crippen molar-refractivity contribution in [2.45, 2.75) is 0 Å². The molecule has 0 amide bonds. The second kappa shape index (κ2) is 7.28. The van der Waals surface area contributed by atoms with Crippen LogP contribution in [-0.4, -0.2) is 44.2 Å². The number of thiophene rings is 1. The van der Waals surface area contributed by atoms with Crippen LogP contribution in [0.3, 0.4) is 0 Å². The molecule has 0 saturated carbocycles. The summed E-state index contributed by atoms with van der Waals surface area (Å²) in [4.78, 5) is 19.2. The largest absolute Gasteiger partial charge is 0.376 e. The molecule has 32 heavy (non-hydrogen) atoms. The van der Waals surface area contributed by atoms with Gasteiger partial charge in [-0.15, -0.1) is 0 Å². The van der Waals surface area contributed by atoms with Crippen molar-refractivity contribution in [2.24, 2.45) is 0 Å². The number of hydrogen-bond acceptors (Lipinski definition) is 6. The van der Waals surface area contributed by atoms with Crippen LogP contribution >= 0.6 is 11.3 Å². The third-order valence-electron chi connectivity index (χ3n) is 5.58. The standard InChI is InChI=1S/C24H19N7S/c1-31(2)16-7-15(9-25-10-16)19-3-4-20-23(28-19)24(30-29-20)21-8-17-18(14-5-6-32-13-14)11-26-12-22(17)27-21/h3-13,27H,1-2H3,(H,29,30). The number of H-pyrrole nitrogens is 2. The summed E-state index contributed by atoms with van der Waals surface area (Å²) < 4.78 is 0. The SMILES string of the molecule is CN(C)c1cncc(-c2ccc3[nH]nc(-c4cc5c(-c6ccsc6)cncc5[nH]4)c3n2)c1. The molecule has 156 valence electrons. The first-order valence-electron chi connectivity index (χ1n) is 10.1. The third-order valence-corrected chi connectivity index (χ3v) is 6.26. The molecule has 8 heteroatoms. The predicted octanol–water partition coefficient (Wildman–Crippen LogP) is 5.36. The van der Waals surface area contributed by atoms with Crippen LogP contribution in [-0.2, 0) is 0 Å². The van der Waals surface area contributed by atoms with Crippen LogP contribution in [0, 0.1) is 0 Å². The lowest BCUT2D eigenvalue weighted by Crippen LogP contribution is -2.08. The van der Waals surface area contributed by atoms with Gasteiger partial charge in [0.2, 0.25) is 0 Å². The Morgan fingerprint density at radius 3 is 2.66 bits per heavy atom. The summed E-state index contributed by atoms with van der Waals surface area (Å²) in [6.07, 6.45) is 7.43. The van der Waals surface area contributed by atoms with E-state index in [4.69, 9.17) is 4.98 Å². The molecule has 6 heterocycles. The van der Waals surface area contributed by atoms with Gasteiger partial charge in [-0.05, 0) is 46.7 Å². The van der Waals surface area contributed by atoms with E-state index in [9.17, 15) is 0 Å². The Morgan fingerprint density at radius 1 is 0.906 bits per heavy atom. The Bertz CT molecular complexity index is 1560. The zero-order chi connectivity index (χ0) is 21.7. The molecule has 0 unspecified atom stereocenters. The second-order valence-electron chi connectivity index (χ2n) is 7.83. The highest BCUT2D eigenvalue weighted by Gasteiger charge is 2.16. The normalized spacial score (nSPS) is 11.4. The lowest BCUT2D eigenvalue weighted by Gasteiger charge is -2.12. The van der Waals surface area contributed by atoms with Crippen molar-refractivity contribution in [3.8, 4) is 33.8 Å². The smallest absolute Gasteiger partial charge is 0.135 e. The molecule has 6 rings (SSSR count). The minimum absolute atomic E-state index is 0.783. The van der Waals surface area contributed by atoms with E-state index >= 15 is 0 Å². The number of nitrogens with zero attached hydrogens (tertiary/aromatic N) is 5. The average molecular weight is 438 g/mol. The van der Waals surface area contributed by atoms with E-state index in [2.05, 4.69) is 54.1 Å². The molecular formula is C24H19N7S. The van der Waals surface area contributed by atoms with Gasteiger partial charge in [0.1, 0.15) is 11.2 Å². The van der Waals surface area contributed by atoms with E-state index in [1.54, 1.807) is 11.3 Å². The van der Waals surface area contributed by atoms with E-state index < -0.39 is 0 Å². The average Bonchev–Trinajstić information content (AvgIpc) is 3.57. The molecule has 0 radical (unpaired) electrons. The van der Waals surface area contributed by atoms with Gasteiger partial charge in [0.25, 0.3) is 0 Å². The summed E-state index contributed by atoms with van der Waals surface area (Å²) in [6, 6.07) is 10.3. The number of nitrogens with one attached hydrogen (secondary N) is 2. The van der Waals surface area contributed by atoms with Crippen LogP contribution in [0.1, 0.15) is 0 Å². The molecule has 0 spiro atoms. The first-order valence-corrected chi connectivity index (χ1v) is 11.1. The maximum Gasteiger partial charge on any atom is 0.135 e. The van der Waals surface area contributed by atoms with Gasteiger partial charge in [-0.2, -0.15) is 16.4 Å². The molecule has 0 aliphatic carbocycles. The zero-order valence-corrected chi connectivity index (χ0v) is 18.3. The monoisotopic (exact) mass is 437 g/mol. The number of pyridine rings is 3. The van der Waals surface area contributed by atoms with Crippen LogP contribution in [0.2, 0.25) is 0 Å². The van der Waals surface area contributed by atoms with Crippen LogP contribution in [0.5, 0.6) is 0 Å². The molecule has 7 nitrogen and oxygen atoms in total. The molecule has 6 aromatic rings. The molecule has 0 aliphatic heterocycles. The van der Waals surface area contributed by atoms with Crippen molar-refractivity contribution in [3.63, 3.8) is 0 Å². The van der Waals surface area contributed by atoms with Crippen molar-refractivity contribution in [3.05, 3.63) is 65.9 Å². The van der Waals surface area contributed by atoms with E-state index in [0.717, 1.165) is 55.8 Å². The van der Waals surface area contributed by atoms with Crippen LogP contribution < -0.4 is 4.90 Å². The quantitative estimate of drug-likeness (QED) is 0.388. The summed E-state index contributed by atoms with van der Waals surface area (Å²) in [5.41, 5.74) is 9.47. The molecule has 0 saturated heterocycles. The van der Waals surface area contributed by atoms with E-state index in [-0.39, 0.29) is 0 Å².